The third-order valence-electron chi connectivity index (χ3n) is 4.35. The Bertz CT molecular complexity index is 343. The van der Waals surface area contributed by atoms with Crippen LogP contribution in [0.1, 0.15) is 59.3 Å². The molecule has 1 heterocycles. The summed E-state index contributed by atoms with van der Waals surface area (Å²) in [6.45, 7) is 8.26. The molecule has 0 saturated carbocycles. The molecule has 0 atom stereocenters. The van der Waals surface area contributed by atoms with Crippen molar-refractivity contribution in [2.24, 2.45) is 11.3 Å². The molecule has 0 aliphatic carbocycles. The zero-order valence-corrected chi connectivity index (χ0v) is 13.2. The average Bonchev–Trinajstić information content (AvgIpc) is 2.11. The third-order valence-corrected chi connectivity index (χ3v) is 5.58. The van der Waals surface area contributed by atoms with E-state index in [-0.39, 0.29) is 5.41 Å². The highest BCUT2D eigenvalue weighted by Gasteiger charge is 2.41. The molecule has 0 unspecified atom stereocenters. The zero-order chi connectivity index (χ0) is 13.8. The van der Waals surface area contributed by atoms with Gasteiger partial charge in [0.05, 0.1) is 6.26 Å². The third kappa shape index (κ3) is 4.54. The van der Waals surface area contributed by atoms with Gasteiger partial charge in [0, 0.05) is 13.1 Å². The van der Waals surface area contributed by atoms with Crippen LogP contribution in [0.4, 0.5) is 0 Å². The fraction of sp³-hybridized carbons (Fsp3) is 1.00. The lowest BCUT2D eigenvalue weighted by atomic mass is 9.72. The van der Waals surface area contributed by atoms with Crippen molar-refractivity contribution in [3.63, 3.8) is 0 Å². The summed E-state index contributed by atoms with van der Waals surface area (Å²) in [5.41, 5.74) is 0.285. The van der Waals surface area contributed by atoms with Crippen LogP contribution in [0.25, 0.3) is 0 Å². The minimum Gasteiger partial charge on any atom is -0.213 e. The molecule has 0 spiro atoms. The summed E-state index contributed by atoms with van der Waals surface area (Å²) in [6, 6.07) is 0. The van der Waals surface area contributed by atoms with Crippen LogP contribution in [-0.4, -0.2) is 32.1 Å². The summed E-state index contributed by atoms with van der Waals surface area (Å²) >= 11 is 0. The van der Waals surface area contributed by atoms with Gasteiger partial charge in [-0.3, -0.25) is 0 Å². The van der Waals surface area contributed by atoms with Gasteiger partial charge in [0.2, 0.25) is 10.0 Å². The normalized spacial score (nSPS) is 18.9. The van der Waals surface area contributed by atoms with Crippen LogP contribution in [0.5, 0.6) is 0 Å². The highest BCUT2D eigenvalue weighted by molar-refractivity contribution is 7.88. The average molecular weight is 275 g/mol. The molecule has 0 N–H and O–H groups in total. The van der Waals surface area contributed by atoms with Crippen LogP contribution < -0.4 is 0 Å². The van der Waals surface area contributed by atoms with Gasteiger partial charge in [0.15, 0.2) is 0 Å². The van der Waals surface area contributed by atoms with Crippen LogP contribution in [0.3, 0.4) is 0 Å². The van der Waals surface area contributed by atoms with E-state index < -0.39 is 10.0 Å². The molecule has 0 aromatic rings. The van der Waals surface area contributed by atoms with E-state index in [0.29, 0.717) is 5.92 Å². The number of nitrogens with zero attached hydrogens (tertiary/aromatic N) is 1. The first-order valence-corrected chi connectivity index (χ1v) is 9.07. The predicted molar refractivity (Wildman–Crippen MR) is 77.1 cm³/mol. The maximum Gasteiger partial charge on any atom is 0.211 e. The molecule has 0 aromatic heterocycles. The number of rotatable bonds is 8. The maximum atomic E-state index is 11.3. The van der Waals surface area contributed by atoms with Crippen molar-refractivity contribution in [3.05, 3.63) is 0 Å². The van der Waals surface area contributed by atoms with E-state index in [4.69, 9.17) is 0 Å². The Kier molecular flexibility index (Phi) is 5.66. The topological polar surface area (TPSA) is 37.4 Å². The molecule has 0 amide bonds. The van der Waals surface area contributed by atoms with Gasteiger partial charge >= 0.3 is 0 Å². The fourth-order valence-corrected chi connectivity index (χ4v) is 3.49. The second-order valence-electron chi connectivity index (χ2n) is 6.43. The Balaban J connectivity index is 2.25. The highest BCUT2D eigenvalue weighted by atomic mass is 32.2. The predicted octanol–water partition coefficient (Wildman–Crippen LogP) is 3.26. The van der Waals surface area contributed by atoms with Gasteiger partial charge in [0.25, 0.3) is 0 Å². The molecule has 0 aromatic carbocycles. The Hall–Kier alpha value is -0.0900. The highest BCUT2D eigenvalue weighted by Crippen LogP contribution is 2.39. The van der Waals surface area contributed by atoms with Crippen molar-refractivity contribution in [2.45, 2.75) is 59.3 Å². The number of hydrogen-bond acceptors (Lipinski definition) is 2. The first-order valence-electron chi connectivity index (χ1n) is 7.22. The minimum atomic E-state index is -2.96. The van der Waals surface area contributed by atoms with Crippen molar-refractivity contribution >= 4 is 10.0 Å². The van der Waals surface area contributed by atoms with Crippen LogP contribution in [0, 0.1) is 11.3 Å². The van der Waals surface area contributed by atoms with Gasteiger partial charge in [-0.05, 0) is 17.8 Å². The standard InChI is InChI=1S/C14H29NO2S/c1-5-6-7-8-9-10-14(2,3)13-11-15(12-13)18(4,16)17/h13H,5-12H2,1-4H3. The Morgan fingerprint density at radius 1 is 1.11 bits per heavy atom. The molecule has 1 saturated heterocycles. The molecule has 18 heavy (non-hydrogen) atoms. The first kappa shape index (κ1) is 16.0. The molecule has 1 rings (SSSR count). The molecule has 4 heteroatoms. The van der Waals surface area contributed by atoms with Crippen molar-refractivity contribution in [1.29, 1.82) is 0 Å². The lowest BCUT2D eigenvalue weighted by molar-refractivity contribution is 0.0658. The van der Waals surface area contributed by atoms with Gasteiger partial charge in [-0.1, -0.05) is 52.9 Å². The van der Waals surface area contributed by atoms with Crippen molar-refractivity contribution in [2.75, 3.05) is 19.3 Å². The molecule has 1 aliphatic rings. The molecule has 1 aliphatic heterocycles. The van der Waals surface area contributed by atoms with E-state index in [1.807, 2.05) is 0 Å². The minimum absolute atomic E-state index is 0.285. The molecular formula is C14H29NO2S. The Morgan fingerprint density at radius 2 is 1.67 bits per heavy atom. The fourth-order valence-electron chi connectivity index (χ4n) is 2.59. The van der Waals surface area contributed by atoms with E-state index in [1.54, 1.807) is 4.31 Å². The van der Waals surface area contributed by atoms with Crippen molar-refractivity contribution < 1.29 is 8.42 Å². The summed E-state index contributed by atoms with van der Waals surface area (Å²) < 4.78 is 24.3. The van der Waals surface area contributed by atoms with Crippen LogP contribution in [-0.2, 0) is 10.0 Å². The summed E-state index contributed by atoms with van der Waals surface area (Å²) in [7, 11) is -2.96. The number of sulfonamides is 1. The van der Waals surface area contributed by atoms with Gasteiger partial charge in [0.1, 0.15) is 0 Å². The second kappa shape index (κ2) is 6.38. The van der Waals surface area contributed by atoms with Crippen molar-refractivity contribution in [1.82, 2.24) is 4.31 Å². The SMILES string of the molecule is CCCCCCCC(C)(C)C1CN(S(C)(=O)=O)C1. The monoisotopic (exact) mass is 275 g/mol. The molecule has 0 bridgehead atoms. The van der Waals surface area contributed by atoms with Gasteiger partial charge < -0.3 is 0 Å². The largest absolute Gasteiger partial charge is 0.213 e. The van der Waals surface area contributed by atoms with Crippen LogP contribution >= 0.6 is 0 Å². The van der Waals surface area contributed by atoms with Gasteiger partial charge in [-0.15, -0.1) is 0 Å². The Morgan fingerprint density at radius 3 is 2.17 bits per heavy atom. The van der Waals surface area contributed by atoms with Crippen LogP contribution in [0.15, 0.2) is 0 Å². The number of hydrogen-bond donors (Lipinski definition) is 0. The lowest BCUT2D eigenvalue weighted by Crippen LogP contribution is -2.54. The van der Waals surface area contributed by atoms with Crippen molar-refractivity contribution in [3.8, 4) is 0 Å². The van der Waals surface area contributed by atoms with E-state index in [2.05, 4.69) is 20.8 Å². The van der Waals surface area contributed by atoms with E-state index >= 15 is 0 Å². The summed E-state index contributed by atoms with van der Waals surface area (Å²) in [5.74, 6) is 0.540. The summed E-state index contributed by atoms with van der Waals surface area (Å²) in [4.78, 5) is 0. The zero-order valence-electron chi connectivity index (χ0n) is 12.4. The molecule has 3 nitrogen and oxygen atoms in total. The van der Waals surface area contributed by atoms with E-state index in [0.717, 1.165) is 13.1 Å². The summed E-state index contributed by atoms with van der Waals surface area (Å²) in [6.07, 6.45) is 9.09. The molecule has 108 valence electrons. The molecule has 1 fully saturated rings. The van der Waals surface area contributed by atoms with E-state index in [1.165, 1.54) is 44.8 Å². The van der Waals surface area contributed by atoms with Gasteiger partial charge in [-0.2, -0.15) is 0 Å². The second-order valence-corrected chi connectivity index (χ2v) is 8.41. The maximum absolute atomic E-state index is 11.3. The summed E-state index contributed by atoms with van der Waals surface area (Å²) in [5, 5.41) is 0. The quantitative estimate of drug-likeness (QED) is 0.638. The van der Waals surface area contributed by atoms with Crippen LogP contribution in [0.2, 0.25) is 0 Å². The van der Waals surface area contributed by atoms with E-state index in [9.17, 15) is 8.42 Å². The first-order chi connectivity index (χ1) is 8.27. The molecule has 0 radical (unpaired) electrons. The van der Waals surface area contributed by atoms with Gasteiger partial charge in [-0.25, -0.2) is 12.7 Å². The molecular weight excluding hydrogens is 246 g/mol. The Labute approximate surface area is 113 Å². The number of unbranched alkanes of at least 4 members (excludes halogenated alkanes) is 4. The smallest absolute Gasteiger partial charge is 0.211 e. The lowest BCUT2D eigenvalue weighted by Gasteiger charge is -2.46.